The number of nitrogens with one attached hydrogen (secondary N) is 1. The van der Waals surface area contributed by atoms with Crippen LogP contribution in [0.2, 0.25) is 0 Å². The van der Waals surface area contributed by atoms with Crippen molar-refractivity contribution >= 4 is 0 Å². The number of benzene rings is 1. The summed E-state index contributed by atoms with van der Waals surface area (Å²) in [6.07, 6.45) is 6.91. The molecule has 0 saturated carbocycles. The van der Waals surface area contributed by atoms with E-state index in [2.05, 4.69) is 36.5 Å². The van der Waals surface area contributed by atoms with Crippen molar-refractivity contribution in [1.29, 1.82) is 0 Å². The first kappa shape index (κ1) is 13.1. The van der Waals surface area contributed by atoms with Gasteiger partial charge in [0, 0.05) is 25.1 Å². The second kappa shape index (κ2) is 5.64. The minimum absolute atomic E-state index is 0.393. The summed E-state index contributed by atoms with van der Waals surface area (Å²) in [5, 5.41) is 3.47. The van der Waals surface area contributed by atoms with Crippen LogP contribution < -0.4 is 5.32 Å². The van der Waals surface area contributed by atoms with Gasteiger partial charge in [-0.05, 0) is 50.2 Å². The maximum Gasteiger partial charge on any atom is 0.0576 e. The Kier molecular flexibility index (Phi) is 3.90. The molecule has 104 valence electrons. The Hall–Kier alpha value is -0.860. The number of ether oxygens (including phenoxy) is 1. The van der Waals surface area contributed by atoms with Crippen LogP contribution in [0.5, 0.6) is 0 Å². The minimum Gasteiger partial charge on any atom is -0.378 e. The molecular formula is C17H25NO. The van der Waals surface area contributed by atoms with Gasteiger partial charge in [-0.15, -0.1) is 0 Å². The summed E-state index contributed by atoms with van der Waals surface area (Å²) in [6.45, 7) is 5.51. The average Bonchev–Trinajstić information content (AvgIpc) is 2.87. The predicted octanol–water partition coefficient (Wildman–Crippen LogP) is 3.19. The van der Waals surface area contributed by atoms with E-state index in [1.807, 2.05) is 0 Å². The summed E-state index contributed by atoms with van der Waals surface area (Å²) in [5.41, 5.74) is 3.39. The summed E-state index contributed by atoms with van der Waals surface area (Å²) in [6, 6.07) is 8.89. The Morgan fingerprint density at radius 1 is 1.32 bits per heavy atom. The van der Waals surface area contributed by atoms with Crippen LogP contribution in [0.3, 0.4) is 0 Å². The number of aryl methyl sites for hydroxylation is 1. The fourth-order valence-electron chi connectivity index (χ4n) is 3.64. The van der Waals surface area contributed by atoms with Gasteiger partial charge in [0.15, 0.2) is 0 Å². The third-order valence-corrected chi connectivity index (χ3v) is 4.85. The highest BCUT2D eigenvalue weighted by atomic mass is 16.5. The Balaban J connectivity index is 1.61. The van der Waals surface area contributed by atoms with Crippen LogP contribution in [0, 0.1) is 6.92 Å². The summed E-state index contributed by atoms with van der Waals surface area (Å²) < 4.78 is 5.73. The van der Waals surface area contributed by atoms with Crippen molar-refractivity contribution in [2.45, 2.75) is 50.5 Å². The first-order chi connectivity index (χ1) is 9.30. The Bertz CT molecular complexity index is 419. The molecule has 19 heavy (non-hydrogen) atoms. The standard InChI is InChI=1S/C17H25NO/c1-14-6-2-3-9-16(14)17(12-18-13-17)10-4-7-15-8-5-11-19-15/h2-3,6,9,15,18H,4-5,7-8,10-13H2,1H3. The highest BCUT2D eigenvalue weighted by Crippen LogP contribution is 2.36. The van der Waals surface area contributed by atoms with E-state index in [-0.39, 0.29) is 0 Å². The zero-order valence-corrected chi connectivity index (χ0v) is 12.0. The van der Waals surface area contributed by atoms with Gasteiger partial charge < -0.3 is 10.1 Å². The molecule has 0 radical (unpaired) electrons. The van der Waals surface area contributed by atoms with Crippen LogP contribution in [0.1, 0.15) is 43.2 Å². The molecule has 0 spiro atoms. The quantitative estimate of drug-likeness (QED) is 0.877. The summed E-state index contributed by atoms with van der Waals surface area (Å²) in [4.78, 5) is 0. The van der Waals surface area contributed by atoms with E-state index in [1.54, 1.807) is 5.56 Å². The van der Waals surface area contributed by atoms with Gasteiger partial charge in [0.25, 0.3) is 0 Å². The van der Waals surface area contributed by atoms with Crippen molar-refractivity contribution in [3.8, 4) is 0 Å². The van der Waals surface area contributed by atoms with Crippen LogP contribution in [0.25, 0.3) is 0 Å². The van der Waals surface area contributed by atoms with Crippen LogP contribution in [0.4, 0.5) is 0 Å². The first-order valence-electron chi connectivity index (χ1n) is 7.69. The SMILES string of the molecule is Cc1ccccc1C1(CCCC2CCCO2)CNC1. The highest BCUT2D eigenvalue weighted by Gasteiger charge is 2.38. The molecule has 2 heteroatoms. The molecule has 1 aromatic rings. The summed E-state index contributed by atoms with van der Waals surface area (Å²) >= 11 is 0. The second-order valence-corrected chi connectivity index (χ2v) is 6.23. The van der Waals surface area contributed by atoms with Crippen molar-refractivity contribution in [3.63, 3.8) is 0 Å². The Morgan fingerprint density at radius 2 is 2.16 bits per heavy atom. The van der Waals surface area contributed by atoms with Gasteiger partial charge >= 0.3 is 0 Å². The molecule has 2 heterocycles. The highest BCUT2D eigenvalue weighted by molar-refractivity contribution is 5.36. The molecule has 0 aromatic heterocycles. The number of hydrogen-bond donors (Lipinski definition) is 1. The van der Waals surface area contributed by atoms with E-state index in [0.29, 0.717) is 11.5 Å². The molecule has 3 rings (SSSR count). The second-order valence-electron chi connectivity index (χ2n) is 6.23. The average molecular weight is 259 g/mol. The third kappa shape index (κ3) is 2.70. The fourth-order valence-corrected chi connectivity index (χ4v) is 3.64. The van der Waals surface area contributed by atoms with Crippen LogP contribution >= 0.6 is 0 Å². The monoisotopic (exact) mass is 259 g/mol. The predicted molar refractivity (Wildman–Crippen MR) is 78.6 cm³/mol. The van der Waals surface area contributed by atoms with Crippen molar-refractivity contribution in [2.75, 3.05) is 19.7 Å². The van der Waals surface area contributed by atoms with E-state index in [1.165, 1.54) is 37.7 Å². The fraction of sp³-hybridized carbons (Fsp3) is 0.647. The Morgan fingerprint density at radius 3 is 2.79 bits per heavy atom. The van der Waals surface area contributed by atoms with Gasteiger partial charge in [0.1, 0.15) is 0 Å². The van der Waals surface area contributed by atoms with Gasteiger partial charge in [-0.3, -0.25) is 0 Å². The Labute approximate surface area is 116 Å². The molecule has 2 saturated heterocycles. The van der Waals surface area contributed by atoms with Crippen molar-refractivity contribution in [1.82, 2.24) is 5.32 Å². The minimum atomic E-state index is 0.393. The van der Waals surface area contributed by atoms with Crippen LogP contribution in [-0.4, -0.2) is 25.8 Å². The lowest BCUT2D eigenvalue weighted by molar-refractivity contribution is 0.0980. The van der Waals surface area contributed by atoms with Crippen molar-refractivity contribution in [2.24, 2.45) is 0 Å². The van der Waals surface area contributed by atoms with Crippen molar-refractivity contribution < 1.29 is 4.74 Å². The van der Waals surface area contributed by atoms with Gasteiger partial charge in [-0.1, -0.05) is 24.3 Å². The molecule has 2 nitrogen and oxygen atoms in total. The van der Waals surface area contributed by atoms with E-state index in [4.69, 9.17) is 4.74 Å². The van der Waals surface area contributed by atoms with Gasteiger partial charge in [-0.2, -0.15) is 0 Å². The molecule has 0 aliphatic carbocycles. The van der Waals surface area contributed by atoms with E-state index in [0.717, 1.165) is 19.7 Å². The summed E-state index contributed by atoms with van der Waals surface area (Å²) in [7, 11) is 0. The zero-order valence-electron chi connectivity index (χ0n) is 12.0. The molecule has 1 N–H and O–H groups in total. The number of hydrogen-bond acceptors (Lipinski definition) is 2. The lowest BCUT2D eigenvalue weighted by Crippen LogP contribution is -2.57. The maximum atomic E-state index is 5.73. The largest absolute Gasteiger partial charge is 0.378 e. The summed E-state index contributed by atoms with van der Waals surface area (Å²) in [5.74, 6) is 0. The van der Waals surface area contributed by atoms with Gasteiger partial charge in [0.05, 0.1) is 6.10 Å². The molecule has 0 amide bonds. The normalized spacial score (nSPS) is 25.2. The smallest absolute Gasteiger partial charge is 0.0576 e. The van der Waals surface area contributed by atoms with Gasteiger partial charge in [-0.25, -0.2) is 0 Å². The molecular weight excluding hydrogens is 234 g/mol. The molecule has 2 fully saturated rings. The van der Waals surface area contributed by atoms with Crippen LogP contribution in [0.15, 0.2) is 24.3 Å². The van der Waals surface area contributed by atoms with E-state index < -0.39 is 0 Å². The lowest BCUT2D eigenvalue weighted by Gasteiger charge is -2.44. The number of rotatable bonds is 5. The molecule has 0 bridgehead atoms. The molecule has 1 aromatic carbocycles. The van der Waals surface area contributed by atoms with E-state index in [9.17, 15) is 0 Å². The molecule has 1 atom stereocenters. The van der Waals surface area contributed by atoms with Crippen molar-refractivity contribution in [3.05, 3.63) is 35.4 Å². The zero-order chi connectivity index (χ0) is 13.1. The van der Waals surface area contributed by atoms with Crippen LogP contribution in [-0.2, 0) is 10.2 Å². The maximum absolute atomic E-state index is 5.73. The molecule has 2 aliphatic heterocycles. The first-order valence-corrected chi connectivity index (χ1v) is 7.69. The molecule has 1 unspecified atom stereocenters. The molecule has 2 aliphatic rings. The third-order valence-electron chi connectivity index (χ3n) is 4.85. The topological polar surface area (TPSA) is 21.3 Å². The lowest BCUT2D eigenvalue weighted by atomic mass is 9.70. The van der Waals surface area contributed by atoms with E-state index >= 15 is 0 Å². The van der Waals surface area contributed by atoms with Gasteiger partial charge in [0.2, 0.25) is 0 Å².